The van der Waals surface area contributed by atoms with E-state index in [1.54, 1.807) is 17.0 Å². The van der Waals surface area contributed by atoms with Crippen molar-refractivity contribution in [1.29, 1.82) is 0 Å². The fraction of sp³-hybridized carbons (Fsp3) is 0.476. The number of primary sulfonamides is 1. The zero-order chi connectivity index (χ0) is 22.9. The molecule has 2 aliphatic rings. The molecule has 4 rings (SSSR count). The molecule has 3 heterocycles. The quantitative estimate of drug-likeness (QED) is 0.700. The SMILES string of the molecule is NS(=O)(=O)c1cc(NC(=O)c2ccc(C3CCC3)nc2N2CCCC(F)(F)CC2)ccn1. The van der Waals surface area contributed by atoms with E-state index in [9.17, 15) is 22.0 Å². The van der Waals surface area contributed by atoms with Crippen LogP contribution < -0.4 is 15.4 Å². The number of halogens is 2. The van der Waals surface area contributed by atoms with Crippen LogP contribution in [0.5, 0.6) is 0 Å². The summed E-state index contributed by atoms with van der Waals surface area (Å²) in [5.74, 6) is -2.55. The molecule has 2 aromatic rings. The molecule has 1 amide bonds. The van der Waals surface area contributed by atoms with E-state index in [1.165, 1.54) is 12.3 Å². The molecule has 32 heavy (non-hydrogen) atoms. The van der Waals surface area contributed by atoms with Gasteiger partial charge < -0.3 is 10.2 Å². The lowest BCUT2D eigenvalue weighted by atomic mass is 9.82. The van der Waals surface area contributed by atoms with Crippen molar-refractivity contribution in [2.24, 2.45) is 5.14 Å². The van der Waals surface area contributed by atoms with Crippen LogP contribution in [-0.2, 0) is 10.0 Å². The highest BCUT2D eigenvalue weighted by atomic mass is 32.2. The Bertz CT molecular complexity index is 1120. The average molecular weight is 466 g/mol. The number of nitrogens with two attached hydrogens (primary N) is 1. The Morgan fingerprint density at radius 1 is 1.16 bits per heavy atom. The zero-order valence-corrected chi connectivity index (χ0v) is 18.2. The predicted octanol–water partition coefficient (Wildman–Crippen LogP) is 3.27. The van der Waals surface area contributed by atoms with E-state index in [0.29, 0.717) is 24.7 Å². The Kier molecular flexibility index (Phi) is 6.13. The van der Waals surface area contributed by atoms with Crippen LogP contribution in [0.2, 0.25) is 0 Å². The van der Waals surface area contributed by atoms with Gasteiger partial charge in [0.25, 0.3) is 15.9 Å². The topological polar surface area (TPSA) is 118 Å². The molecule has 0 atom stereocenters. The highest BCUT2D eigenvalue weighted by Crippen LogP contribution is 2.37. The largest absolute Gasteiger partial charge is 0.356 e. The Hall–Kier alpha value is -2.66. The van der Waals surface area contributed by atoms with Crippen LogP contribution in [0.4, 0.5) is 20.3 Å². The van der Waals surface area contributed by atoms with Gasteiger partial charge in [-0.1, -0.05) is 6.42 Å². The van der Waals surface area contributed by atoms with Crippen molar-refractivity contribution in [2.45, 2.75) is 55.4 Å². The average Bonchev–Trinajstić information content (AvgIpc) is 2.86. The van der Waals surface area contributed by atoms with Gasteiger partial charge in [-0.3, -0.25) is 4.79 Å². The van der Waals surface area contributed by atoms with E-state index < -0.39 is 21.9 Å². The number of nitrogens with zero attached hydrogens (tertiary/aromatic N) is 3. The highest BCUT2D eigenvalue weighted by molar-refractivity contribution is 7.89. The van der Waals surface area contributed by atoms with Crippen molar-refractivity contribution in [2.75, 3.05) is 23.3 Å². The monoisotopic (exact) mass is 465 g/mol. The van der Waals surface area contributed by atoms with Crippen LogP contribution in [0.3, 0.4) is 0 Å². The third-order valence-electron chi connectivity index (χ3n) is 5.97. The van der Waals surface area contributed by atoms with E-state index in [-0.39, 0.29) is 35.7 Å². The lowest BCUT2D eigenvalue weighted by Gasteiger charge is -2.29. The van der Waals surface area contributed by atoms with Gasteiger partial charge in [-0.25, -0.2) is 32.3 Å². The first-order valence-electron chi connectivity index (χ1n) is 10.6. The molecule has 0 radical (unpaired) electrons. The number of hydrogen-bond donors (Lipinski definition) is 2. The fourth-order valence-corrected chi connectivity index (χ4v) is 4.43. The molecule has 1 aliphatic carbocycles. The van der Waals surface area contributed by atoms with Gasteiger partial charge in [0.05, 0.1) is 5.56 Å². The second kappa shape index (κ2) is 8.70. The number of nitrogens with one attached hydrogen (secondary N) is 1. The number of carbonyl (C=O) groups excluding carboxylic acids is 1. The number of sulfonamides is 1. The summed E-state index contributed by atoms with van der Waals surface area (Å²) in [6, 6.07) is 6.07. The number of amides is 1. The Morgan fingerprint density at radius 2 is 1.94 bits per heavy atom. The summed E-state index contributed by atoms with van der Waals surface area (Å²) in [5, 5.41) is 7.38. The summed E-state index contributed by atoms with van der Waals surface area (Å²) in [4.78, 5) is 23.3. The van der Waals surface area contributed by atoms with Gasteiger partial charge in [0.1, 0.15) is 5.82 Å². The van der Waals surface area contributed by atoms with Crippen molar-refractivity contribution in [3.63, 3.8) is 0 Å². The first kappa shape index (κ1) is 22.5. The molecule has 0 spiro atoms. The van der Waals surface area contributed by atoms with Gasteiger partial charge >= 0.3 is 0 Å². The molecule has 3 N–H and O–H groups in total. The molecular formula is C21H25F2N5O3S. The second-order valence-electron chi connectivity index (χ2n) is 8.31. The van der Waals surface area contributed by atoms with Crippen molar-refractivity contribution >= 4 is 27.4 Å². The van der Waals surface area contributed by atoms with E-state index in [2.05, 4.69) is 10.3 Å². The van der Waals surface area contributed by atoms with Crippen LogP contribution in [0, 0.1) is 0 Å². The molecule has 172 valence electrons. The van der Waals surface area contributed by atoms with Crippen molar-refractivity contribution in [1.82, 2.24) is 9.97 Å². The van der Waals surface area contributed by atoms with Crippen molar-refractivity contribution in [3.05, 3.63) is 41.7 Å². The minimum absolute atomic E-state index is 0.0965. The number of aromatic nitrogens is 2. The van der Waals surface area contributed by atoms with Crippen LogP contribution >= 0.6 is 0 Å². The molecule has 0 aromatic carbocycles. The fourth-order valence-electron chi connectivity index (χ4n) is 3.93. The summed E-state index contributed by atoms with van der Waals surface area (Å²) in [6.45, 7) is 0.473. The third-order valence-corrected chi connectivity index (χ3v) is 6.77. The van der Waals surface area contributed by atoms with Gasteiger partial charge in [0, 0.05) is 55.5 Å². The van der Waals surface area contributed by atoms with Crippen LogP contribution in [0.25, 0.3) is 0 Å². The number of rotatable bonds is 5. The lowest BCUT2D eigenvalue weighted by Crippen LogP contribution is -2.30. The second-order valence-corrected chi connectivity index (χ2v) is 9.82. The first-order valence-corrected chi connectivity index (χ1v) is 12.1. The summed E-state index contributed by atoms with van der Waals surface area (Å²) in [6.07, 6.45) is 4.18. The summed E-state index contributed by atoms with van der Waals surface area (Å²) in [7, 11) is -4.03. The standard InChI is InChI=1S/C21H25F2N5O3S/c22-21(23)8-2-11-28(12-9-21)19-16(5-6-17(27-19)14-3-1-4-14)20(29)26-15-7-10-25-18(13-15)32(24,30)31/h5-7,10,13-14H,1-4,8-9,11-12H2,(H2,24,30,31)(H,25,26,29). The number of hydrogen-bond acceptors (Lipinski definition) is 6. The van der Waals surface area contributed by atoms with Gasteiger partial charge in [-0.05, 0) is 37.5 Å². The smallest absolute Gasteiger partial charge is 0.259 e. The first-order chi connectivity index (χ1) is 15.1. The number of carbonyl (C=O) groups is 1. The van der Waals surface area contributed by atoms with Crippen molar-refractivity contribution in [3.8, 4) is 0 Å². The predicted molar refractivity (Wildman–Crippen MR) is 115 cm³/mol. The summed E-state index contributed by atoms with van der Waals surface area (Å²) < 4.78 is 50.9. The molecule has 2 aromatic heterocycles. The Balaban J connectivity index is 1.64. The molecular weight excluding hydrogens is 440 g/mol. The van der Waals surface area contributed by atoms with Crippen LogP contribution in [0.1, 0.15) is 60.5 Å². The third kappa shape index (κ3) is 5.04. The Morgan fingerprint density at radius 3 is 2.62 bits per heavy atom. The highest BCUT2D eigenvalue weighted by Gasteiger charge is 2.33. The normalized spacial score (nSPS) is 19.2. The van der Waals surface area contributed by atoms with Gasteiger partial charge in [-0.15, -0.1) is 0 Å². The minimum atomic E-state index is -4.03. The maximum absolute atomic E-state index is 13.9. The molecule has 0 unspecified atom stereocenters. The molecule has 1 saturated carbocycles. The Labute approximate surface area is 185 Å². The zero-order valence-electron chi connectivity index (χ0n) is 17.4. The summed E-state index contributed by atoms with van der Waals surface area (Å²) in [5.41, 5.74) is 1.30. The van der Waals surface area contributed by atoms with Gasteiger partial charge in [0.15, 0.2) is 5.03 Å². The number of alkyl halides is 2. The molecule has 1 aliphatic heterocycles. The lowest BCUT2D eigenvalue weighted by molar-refractivity contribution is -0.0102. The molecule has 2 fully saturated rings. The minimum Gasteiger partial charge on any atom is -0.356 e. The maximum atomic E-state index is 13.9. The van der Waals surface area contributed by atoms with E-state index >= 15 is 0 Å². The van der Waals surface area contributed by atoms with Gasteiger partial charge in [0.2, 0.25) is 5.92 Å². The number of anilines is 2. The van der Waals surface area contributed by atoms with Crippen molar-refractivity contribution < 1.29 is 22.0 Å². The number of pyridine rings is 2. The van der Waals surface area contributed by atoms with E-state index in [1.807, 2.05) is 0 Å². The molecule has 8 nitrogen and oxygen atoms in total. The summed E-state index contributed by atoms with van der Waals surface area (Å²) >= 11 is 0. The van der Waals surface area contributed by atoms with Crippen LogP contribution in [0.15, 0.2) is 35.5 Å². The molecule has 0 bridgehead atoms. The van der Waals surface area contributed by atoms with Gasteiger partial charge in [-0.2, -0.15) is 0 Å². The van der Waals surface area contributed by atoms with E-state index in [4.69, 9.17) is 10.1 Å². The molecule has 11 heteroatoms. The molecule has 1 saturated heterocycles. The van der Waals surface area contributed by atoms with Crippen LogP contribution in [-0.4, -0.2) is 43.3 Å². The maximum Gasteiger partial charge on any atom is 0.259 e. The van der Waals surface area contributed by atoms with E-state index in [0.717, 1.165) is 31.0 Å².